The first-order valence-electron chi connectivity index (χ1n) is 17.3. The van der Waals surface area contributed by atoms with E-state index in [9.17, 15) is 14.7 Å². The molecule has 1 aliphatic carbocycles. The first kappa shape index (κ1) is 34.6. The fourth-order valence-electron chi connectivity index (χ4n) is 8.28. The first-order valence-corrected chi connectivity index (χ1v) is 17.3. The highest BCUT2D eigenvalue weighted by molar-refractivity contribution is 5.75. The Labute approximate surface area is 275 Å². The third-order valence-electron chi connectivity index (χ3n) is 10.3. The van der Waals surface area contributed by atoms with E-state index in [-0.39, 0.29) is 36.5 Å². The van der Waals surface area contributed by atoms with Gasteiger partial charge in [0.05, 0.1) is 18.8 Å². The average Bonchev–Trinajstić information content (AvgIpc) is 3.26. The molecule has 2 saturated heterocycles. The lowest BCUT2D eigenvalue weighted by Gasteiger charge is -2.43. The third kappa shape index (κ3) is 8.97. The number of carbonyl (C=O) groups excluding carboxylic acids is 2. The zero-order valence-electron chi connectivity index (χ0n) is 28.5. The van der Waals surface area contributed by atoms with Crippen molar-refractivity contribution in [3.05, 3.63) is 70.8 Å². The number of aliphatic hydroxyl groups is 1. The van der Waals surface area contributed by atoms with E-state index in [2.05, 4.69) is 67.5 Å². The number of hydrogen-bond acceptors (Lipinski definition) is 6. The Hall–Kier alpha value is -2.78. The number of likely N-dealkylation sites (tertiary alicyclic amines) is 1. The molecule has 2 aliphatic heterocycles. The molecule has 5 rings (SSSR count). The van der Waals surface area contributed by atoms with Gasteiger partial charge >= 0.3 is 0 Å². The summed E-state index contributed by atoms with van der Waals surface area (Å²) in [5, 5.41) is 15.4. The van der Waals surface area contributed by atoms with Crippen molar-refractivity contribution in [1.29, 1.82) is 0 Å². The van der Waals surface area contributed by atoms with Crippen molar-refractivity contribution in [2.24, 2.45) is 16.7 Å². The Morgan fingerprint density at radius 2 is 1.61 bits per heavy atom. The average molecular weight is 634 g/mol. The minimum Gasteiger partial charge on any atom is -0.392 e. The molecule has 1 saturated carbocycles. The molecule has 3 N–H and O–H groups in total. The van der Waals surface area contributed by atoms with E-state index in [0.29, 0.717) is 36.4 Å². The lowest BCUT2D eigenvalue weighted by molar-refractivity contribution is -0.276. The van der Waals surface area contributed by atoms with E-state index in [4.69, 9.17) is 9.47 Å². The number of benzene rings is 2. The molecule has 8 heteroatoms. The van der Waals surface area contributed by atoms with Crippen molar-refractivity contribution in [2.45, 2.75) is 117 Å². The van der Waals surface area contributed by atoms with Crippen LogP contribution in [0.2, 0.25) is 0 Å². The second kappa shape index (κ2) is 15.0. The highest BCUT2D eigenvalue weighted by Gasteiger charge is 2.51. The molecule has 2 amide bonds. The van der Waals surface area contributed by atoms with Crippen LogP contribution in [-0.2, 0) is 32.2 Å². The van der Waals surface area contributed by atoms with Gasteiger partial charge in [0, 0.05) is 57.0 Å². The number of nitrogens with zero attached hydrogens (tertiary/aromatic N) is 1. The Morgan fingerprint density at radius 1 is 0.913 bits per heavy atom. The summed E-state index contributed by atoms with van der Waals surface area (Å²) in [7, 11) is 0. The van der Waals surface area contributed by atoms with E-state index in [1.807, 2.05) is 24.3 Å². The van der Waals surface area contributed by atoms with Crippen LogP contribution in [-0.4, -0.2) is 53.6 Å². The van der Waals surface area contributed by atoms with Crippen LogP contribution in [0.15, 0.2) is 48.5 Å². The van der Waals surface area contributed by atoms with Crippen LogP contribution < -0.4 is 10.6 Å². The van der Waals surface area contributed by atoms with Crippen molar-refractivity contribution in [2.75, 3.05) is 19.6 Å². The summed E-state index contributed by atoms with van der Waals surface area (Å²) >= 11 is 0. The van der Waals surface area contributed by atoms with E-state index >= 15 is 0 Å². The number of rotatable bonds is 13. The molecule has 2 bridgehead atoms. The molecule has 0 spiro atoms. The smallest absolute Gasteiger partial charge is 0.220 e. The number of fused-ring (bicyclic) bond motifs is 2. The van der Waals surface area contributed by atoms with Gasteiger partial charge in [0.25, 0.3) is 0 Å². The van der Waals surface area contributed by atoms with Crippen LogP contribution in [0.5, 0.6) is 0 Å². The fraction of sp³-hybridized carbons (Fsp3) is 0.632. The summed E-state index contributed by atoms with van der Waals surface area (Å²) in [6.45, 7) is 14.2. The second-order valence-electron chi connectivity index (χ2n) is 15.3. The highest BCUT2D eigenvalue weighted by Crippen LogP contribution is 2.53. The first-order chi connectivity index (χ1) is 21.9. The summed E-state index contributed by atoms with van der Waals surface area (Å²) < 4.78 is 13.5. The highest BCUT2D eigenvalue weighted by atomic mass is 16.7. The van der Waals surface area contributed by atoms with Gasteiger partial charge in [-0.15, -0.1) is 0 Å². The molecule has 6 atom stereocenters. The Balaban J connectivity index is 1.22. The molecule has 3 fully saturated rings. The third-order valence-corrected chi connectivity index (χ3v) is 10.3. The number of amides is 2. The van der Waals surface area contributed by atoms with Crippen LogP contribution in [0.25, 0.3) is 0 Å². The van der Waals surface area contributed by atoms with Gasteiger partial charge in [-0.25, -0.2) is 0 Å². The van der Waals surface area contributed by atoms with Gasteiger partial charge in [0.2, 0.25) is 11.8 Å². The summed E-state index contributed by atoms with van der Waals surface area (Å²) in [5.74, 6) is 0.173. The monoisotopic (exact) mass is 633 g/mol. The van der Waals surface area contributed by atoms with Crippen molar-refractivity contribution in [3.8, 4) is 0 Å². The molecule has 0 radical (unpaired) electrons. The van der Waals surface area contributed by atoms with Gasteiger partial charge in [-0.05, 0) is 59.6 Å². The zero-order valence-corrected chi connectivity index (χ0v) is 28.5. The van der Waals surface area contributed by atoms with Gasteiger partial charge in [-0.1, -0.05) is 82.6 Å². The summed E-state index contributed by atoms with van der Waals surface area (Å²) in [6, 6.07) is 16.9. The van der Waals surface area contributed by atoms with E-state index in [0.717, 1.165) is 54.6 Å². The molecule has 2 unspecified atom stereocenters. The molecule has 2 aromatic rings. The lowest BCUT2D eigenvalue weighted by atomic mass is 9.65. The van der Waals surface area contributed by atoms with Gasteiger partial charge in [0.15, 0.2) is 6.29 Å². The van der Waals surface area contributed by atoms with Gasteiger partial charge in [0.1, 0.15) is 0 Å². The molecule has 0 aromatic heterocycles. The quantitative estimate of drug-likeness (QED) is 0.228. The minimum atomic E-state index is -0.501. The van der Waals surface area contributed by atoms with Crippen molar-refractivity contribution < 1.29 is 24.2 Å². The van der Waals surface area contributed by atoms with Crippen LogP contribution in [0.4, 0.5) is 0 Å². The summed E-state index contributed by atoms with van der Waals surface area (Å²) in [6.07, 6.45) is 6.20. The van der Waals surface area contributed by atoms with E-state index in [1.165, 1.54) is 26.2 Å². The summed E-state index contributed by atoms with van der Waals surface area (Å²) in [5.41, 5.74) is 4.71. The Bertz CT molecular complexity index is 1310. The fourth-order valence-corrected chi connectivity index (χ4v) is 8.28. The van der Waals surface area contributed by atoms with Crippen molar-refractivity contribution in [3.63, 3.8) is 0 Å². The number of unbranched alkanes of at least 4 members (excludes halogenated alkanes) is 2. The van der Waals surface area contributed by atoms with Crippen molar-refractivity contribution in [1.82, 2.24) is 15.5 Å². The van der Waals surface area contributed by atoms with Crippen molar-refractivity contribution >= 4 is 11.8 Å². The maximum Gasteiger partial charge on any atom is 0.220 e. The molecule has 8 nitrogen and oxygen atoms in total. The predicted molar refractivity (Wildman–Crippen MR) is 180 cm³/mol. The Kier molecular flexibility index (Phi) is 11.2. The largest absolute Gasteiger partial charge is 0.392 e. The molecule has 2 heterocycles. The zero-order chi connectivity index (χ0) is 32.9. The van der Waals surface area contributed by atoms with Crippen LogP contribution in [0.1, 0.15) is 114 Å². The van der Waals surface area contributed by atoms with E-state index in [1.54, 1.807) is 0 Å². The standard InChI is InChI=1S/C38H55N3O5/c1-26-33(22-41-25-38(5)20-32(41)19-37(3,4)24-38)45-36(46-35(26)30-14-12-29(23-42)13-15-30)31-16-10-28(11-17-31)21-40-34(44)9-7-6-8-18-39-27(2)43/h10-17,26,32-33,35-36,42H,6-9,18-25H2,1-5H3,(H,39,43)(H,40,44)/t26-,32?,33+,35+,36+,38?/m1/s1. The Morgan fingerprint density at radius 3 is 2.30 bits per heavy atom. The lowest BCUT2D eigenvalue weighted by Crippen LogP contribution is -2.46. The molecule has 3 aliphatic rings. The van der Waals surface area contributed by atoms with E-state index < -0.39 is 6.29 Å². The van der Waals surface area contributed by atoms with Gasteiger partial charge in [-0.2, -0.15) is 0 Å². The molecule has 2 aromatic carbocycles. The second-order valence-corrected chi connectivity index (χ2v) is 15.3. The molecule has 252 valence electrons. The SMILES string of the molecule is CC(=O)NCCCCCC(=O)NCc1ccc([C@H]2O[C@@H](CN3CC4(C)CC3CC(C)(C)C4)[C@@H](C)[C@@H](c3ccc(CO)cc3)O2)cc1. The number of nitrogens with one attached hydrogen (secondary N) is 2. The van der Waals surface area contributed by atoms with Crippen LogP contribution in [0.3, 0.4) is 0 Å². The number of carbonyl (C=O) groups is 2. The molecular weight excluding hydrogens is 578 g/mol. The number of ether oxygens (including phenoxy) is 2. The summed E-state index contributed by atoms with van der Waals surface area (Å²) in [4.78, 5) is 26.0. The predicted octanol–water partition coefficient (Wildman–Crippen LogP) is 6.18. The molecule has 46 heavy (non-hydrogen) atoms. The van der Waals surface area contributed by atoms with Crippen LogP contribution in [0, 0.1) is 16.7 Å². The van der Waals surface area contributed by atoms with Crippen LogP contribution >= 0.6 is 0 Å². The number of hydrogen-bond donors (Lipinski definition) is 3. The topological polar surface area (TPSA) is 100 Å². The maximum atomic E-state index is 12.4. The van der Waals surface area contributed by atoms with Gasteiger partial charge in [-0.3, -0.25) is 14.5 Å². The maximum absolute atomic E-state index is 12.4. The number of aliphatic hydroxyl groups excluding tert-OH is 1. The normalized spacial score (nSPS) is 29.0. The minimum absolute atomic E-state index is 0.00420. The van der Waals surface area contributed by atoms with Gasteiger partial charge < -0.3 is 25.2 Å². The molecular formula is C38H55N3O5.